The molecule has 1 N–H and O–H groups in total. The Labute approximate surface area is 118 Å². The van der Waals surface area contributed by atoms with Crippen LogP contribution in [0, 0.1) is 0 Å². The lowest BCUT2D eigenvalue weighted by Crippen LogP contribution is -2.54. The molecule has 0 aromatic heterocycles. The van der Waals surface area contributed by atoms with E-state index in [2.05, 4.69) is 36.6 Å². The molecule has 3 nitrogen and oxygen atoms in total. The lowest BCUT2D eigenvalue weighted by atomic mass is 9.80. The average Bonchev–Trinajstić information content (AvgIpc) is 2.24. The van der Waals surface area contributed by atoms with E-state index in [0.29, 0.717) is 10.2 Å². The first-order valence-electron chi connectivity index (χ1n) is 5.33. The van der Waals surface area contributed by atoms with E-state index in [1.54, 1.807) is 24.3 Å². The van der Waals surface area contributed by atoms with E-state index >= 15 is 0 Å². The first kappa shape index (κ1) is 13.5. The molecule has 1 aromatic carbocycles. The van der Waals surface area contributed by atoms with Gasteiger partial charge in [-0.05, 0) is 43.5 Å². The van der Waals surface area contributed by atoms with Crippen molar-refractivity contribution >= 4 is 41.9 Å². The van der Waals surface area contributed by atoms with E-state index in [1.165, 1.54) is 0 Å². The van der Waals surface area contributed by atoms with Crippen LogP contribution in [0.25, 0.3) is 0 Å². The summed E-state index contributed by atoms with van der Waals surface area (Å²) in [6.45, 7) is 0. The van der Waals surface area contributed by atoms with Crippen LogP contribution in [0.1, 0.15) is 19.3 Å². The minimum atomic E-state index is -3.41. The molecule has 0 bridgehead atoms. The Hall–Kier alpha value is 0.0900. The van der Waals surface area contributed by atoms with E-state index in [0.717, 1.165) is 23.7 Å². The molecule has 1 fully saturated rings. The Balaban J connectivity index is 2.22. The molecule has 17 heavy (non-hydrogen) atoms. The molecule has 6 heteroatoms. The zero-order valence-electron chi connectivity index (χ0n) is 9.12. The fourth-order valence-electron chi connectivity index (χ4n) is 1.82. The Morgan fingerprint density at radius 1 is 1.24 bits per heavy atom. The molecular formula is C11H13Br2NO2S. The quantitative estimate of drug-likeness (QED) is 0.813. The van der Waals surface area contributed by atoms with Gasteiger partial charge in [0.05, 0.1) is 4.90 Å². The van der Waals surface area contributed by atoms with Crippen molar-refractivity contribution in [3.05, 3.63) is 28.7 Å². The Kier molecular flexibility index (Phi) is 3.97. The number of hydrogen-bond acceptors (Lipinski definition) is 2. The molecule has 1 aromatic rings. The summed E-state index contributed by atoms with van der Waals surface area (Å²) in [5, 5.41) is 0.662. The van der Waals surface area contributed by atoms with Gasteiger partial charge in [-0.15, -0.1) is 0 Å². The van der Waals surface area contributed by atoms with Crippen LogP contribution in [0.5, 0.6) is 0 Å². The van der Waals surface area contributed by atoms with Gasteiger partial charge in [0, 0.05) is 15.3 Å². The van der Waals surface area contributed by atoms with E-state index in [4.69, 9.17) is 0 Å². The first-order chi connectivity index (χ1) is 7.97. The Morgan fingerprint density at radius 3 is 2.24 bits per heavy atom. The third kappa shape index (κ3) is 2.92. The third-order valence-electron chi connectivity index (χ3n) is 3.04. The number of alkyl halides is 1. The molecule has 1 aliphatic carbocycles. The molecule has 0 radical (unpaired) electrons. The second-order valence-electron chi connectivity index (χ2n) is 4.33. The van der Waals surface area contributed by atoms with Crippen molar-refractivity contribution in [3.63, 3.8) is 0 Å². The maximum atomic E-state index is 12.2. The zero-order chi connectivity index (χ0) is 12.5. The maximum absolute atomic E-state index is 12.2. The van der Waals surface area contributed by atoms with Gasteiger partial charge in [0.2, 0.25) is 10.0 Å². The number of hydrogen-bond donors (Lipinski definition) is 1. The first-order valence-corrected chi connectivity index (χ1v) is 8.73. The standard InChI is InChI=1S/C11H13Br2NO2S/c12-8-11(6-1-7-11)14-17(15,16)10-4-2-9(13)3-5-10/h2-5,14H,1,6-8H2. The molecule has 0 aliphatic heterocycles. The minimum absolute atomic E-state index is 0.286. The van der Waals surface area contributed by atoms with Crippen molar-refractivity contribution in [1.82, 2.24) is 4.72 Å². The van der Waals surface area contributed by atoms with Gasteiger partial charge in [0.25, 0.3) is 0 Å². The van der Waals surface area contributed by atoms with Gasteiger partial charge >= 0.3 is 0 Å². The van der Waals surface area contributed by atoms with Crippen molar-refractivity contribution in [2.45, 2.75) is 29.7 Å². The summed E-state index contributed by atoms with van der Waals surface area (Å²) >= 11 is 6.68. The van der Waals surface area contributed by atoms with E-state index < -0.39 is 10.0 Å². The van der Waals surface area contributed by atoms with Crippen LogP contribution < -0.4 is 4.72 Å². The normalized spacial score (nSPS) is 18.7. The molecule has 0 amide bonds. The molecule has 0 atom stereocenters. The molecule has 0 heterocycles. The molecule has 0 unspecified atom stereocenters. The highest BCUT2D eigenvalue weighted by molar-refractivity contribution is 9.10. The fraction of sp³-hybridized carbons (Fsp3) is 0.455. The van der Waals surface area contributed by atoms with Crippen LogP contribution in [0.15, 0.2) is 33.6 Å². The predicted octanol–water partition coefficient (Wildman–Crippen LogP) is 3.05. The summed E-state index contributed by atoms with van der Waals surface area (Å²) in [5.74, 6) is 0. The molecule has 2 rings (SSSR count). The van der Waals surface area contributed by atoms with Crippen molar-refractivity contribution in [1.29, 1.82) is 0 Å². The van der Waals surface area contributed by atoms with Crippen LogP contribution in [0.2, 0.25) is 0 Å². The highest BCUT2D eigenvalue weighted by Gasteiger charge is 2.39. The largest absolute Gasteiger partial charge is 0.241 e. The number of sulfonamides is 1. The number of benzene rings is 1. The highest BCUT2D eigenvalue weighted by atomic mass is 79.9. The second-order valence-corrected chi connectivity index (χ2v) is 7.49. The minimum Gasteiger partial charge on any atom is -0.207 e. The topological polar surface area (TPSA) is 46.2 Å². The average molecular weight is 383 g/mol. The van der Waals surface area contributed by atoms with E-state index in [-0.39, 0.29) is 5.54 Å². The summed E-state index contributed by atoms with van der Waals surface area (Å²) in [7, 11) is -3.41. The van der Waals surface area contributed by atoms with Gasteiger partial charge < -0.3 is 0 Å². The molecule has 1 saturated carbocycles. The summed E-state index contributed by atoms with van der Waals surface area (Å²) in [5.41, 5.74) is -0.286. The fourth-order valence-corrected chi connectivity index (χ4v) is 4.43. The SMILES string of the molecule is O=S(=O)(NC1(CBr)CCC1)c1ccc(Br)cc1. The van der Waals surface area contributed by atoms with Gasteiger partial charge in [-0.1, -0.05) is 31.9 Å². The summed E-state index contributed by atoms with van der Waals surface area (Å²) < 4.78 is 28.0. The molecule has 1 aliphatic rings. The van der Waals surface area contributed by atoms with Crippen LogP contribution in [-0.2, 0) is 10.0 Å². The van der Waals surface area contributed by atoms with E-state index in [9.17, 15) is 8.42 Å². The Morgan fingerprint density at radius 2 is 1.82 bits per heavy atom. The number of rotatable bonds is 4. The van der Waals surface area contributed by atoms with Crippen LogP contribution in [0.3, 0.4) is 0 Å². The van der Waals surface area contributed by atoms with Crippen molar-refractivity contribution < 1.29 is 8.42 Å². The van der Waals surface area contributed by atoms with Gasteiger partial charge in [0.15, 0.2) is 0 Å². The number of nitrogens with one attached hydrogen (secondary N) is 1. The summed E-state index contributed by atoms with van der Waals surface area (Å²) in [4.78, 5) is 0.313. The maximum Gasteiger partial charge on any atom is 0.241 e. The zero-order valence-corrected chi connectivity index (χ0v) is 13.1. The van der Waals surface area contributed by atoms with Crippen LogP contribution in [-0.4, -0.2) is 19.3 Å². The summed E-state index contributed by atoms with van der Waals surface area (Å²) in [6, 6.07) is 6.67. The third-order valence-corrected chi connectivity index (χ3v) is 6.24. The Bertz CT molecular complexity index is 489. The van der Waals surface area contributed by atoms with Gasteiger partial charge in [-0.25, -0.2) is 13.1 Å². The lowest BCUT2D eigenvalue weighted by molar-refractivity contribution is 0.256. The van der Waals surface area contributed by atoms with Gasteiger partial charge in [0.1, 0.15) is 0 Å². The molecule has 94 valence electrons. The van der Waals surface area contributed by atoms with Crippen molar-refractivity contribution in [2.24, 2.45) is 0 Å². The predicted molar refractivity (Wildman–Crippen MR) is 74.8 cm³/mol. The highest BCUT2D eigenvalue weighted by Crippen LogP contribution is 2.34. The second kappa shape index (κ2) is 4.99. The smallest absolute Gasteiger partial charge is 0.207 e. The molecular weight excluding hydrogens is 370 g/mol. The molecule has 0 saturated heterocycles. The van der Waals surface area contributed by atoms with Gasteiger partial charge in [-0.3, -0.25) is 0 Å². The van der Waals surface area contributed by atoms with E-state index in [1.807, 2.05) is 0 Å². The summed E-state index contributed by atoms with van der Waals surface area (Å²) in [6.07, 6.45) is 2.87. The lowest BCUT2D eigenvalue weighted by Gasteiger charge is -2.40. The van der Waals surface area contributed by atoms with Crippen LogP contribution >= 0.6 is 31.9 Å². The number of halogens is 2. The van der Waals surface area contributed by atoms with Crippen molar-refractivity contribution in [3.8, 4) is 0 Å². The molecule has 0 spiro atoms. The van der Waals surface area contributed by atoms with Gasteiger partial charge in [-0.2, -0.15) is 0 Å². The monoisotopic (exact) mass is 381 g/mol. The van der Waals surface area contributed by atoms with Crippen molar-refractivity contribution in [2.75, 3.05) is 5.33 Å². The van der Waals surface area contributed by atoms with Crippen LogP contribution in [0.4, 0.5) is 0 Å².